The first kappa shape index (κ1) is 22.1. The molecule has 1 aromatic heterocycles. The van der Waals surface area contributed by atoms with E-state index in [4.69, 9.17) is 26.2 Å². The second-order valence-electron chi connectivity index (χ2n) is 8.39. The van der Waals surface area contributed by atoms with Gasteiger partial charge in [0.2, 0.25) is 0 Å². The number of aliphatic hydroxyl groups excluding tert-OH is 1. The number of halogens is 1. The summed E-state index contributed by atoms with van der Waals surface area (Å²) in [5.41, 5.74) is 3.91. The van der Waals surface area contributed by atoms with Crippen molar-refractivity contribution in [3.8, 4) is 11.5 Å². The number of hydrogen-bond donors (Lipinski definition) is 1. The van der Waals surface area contributed by atoms with Crippen LogP contribution in [0.4, 0.5) is 0 Å². The first-order valence-corrected chi connectivity index (χ1v) is 11.2. The van der Waals surface area contributed by atoms with Crippen LogP contribution in [0.2, 0.25) is 5.02 Å². The number of ketones is 1. The average Bonchev–Trinajstić information content (AvgIpc) is 2.99. The van der Waals surface area contributed by atoms with Gasteiger partial charge in [-0.2, -0.15) is 0 Å². The molecule has 2 aromatic rings. The van der Waals surface area contributed by atoms with Crippen molar-refractivity contribution in [2.45, 2.75) is 52.9 Å². The molecule has 1 aliphatic rings. The Labute approximate surface area is 181 Å². The summed E-state index contributed by atoms with van der Waals surface area (Å²) >= 11 is 7.99. The molecule has 158 valence electrons. The van der Waals surface area contributed by atoms with Crippen molar-refractivity contribution in [1.82, 2.24) is 0 Å². The van der Waals surface area contributed by atoms with Crippen LogP contribution in [0.5, 0.6) is 11.5 Å². The molecule has 6 heteroatoms. The number of hydrogen-bond acceptors (Lipinski definition) is 5. The molecule has 0 aliphatic heterocycles. The van der Waals surface area contributed by atoms with Gasteiger partial charge in [0.1, 0.15) is 6.61 Å². The number of methoxy groups -OCH3 is 1. The molecule has 0 fully saturated rings. The number of Topliss-reactive ketones (excluding diaryl/α,β-unsaturated/α-hetero) is 1. The van der Waals surface area contributed by atoms with E-state index in [0.29, 0.717) is 34.8 Å². The van der Waals surface area contributed by atoms with Crippen molar-refractivity contribution in [3.05, 3.63) is 43.6 Å². The number of carbonyl (C=O) groups excluding carboxylic acids is 1. The first-order valence-electron chi connectivity index (χ1n) is 10.00. The maximum absolute atomic E-state index is 13.0. The monoisotopic (exact) mass is 436 g/mol. The number of aliphatic hydroxyl groups is 1. The lowest BCUT2D eigenvalue weighted by Crippen LogP contribution is -2.22. The van der Waals surface area contributed by atoms with Gasteiger partial charge in [0, 0.05) is 11.3 Å². The zero-order valence-electron chi connectivity index (χ0n) is 17.6. The van der Waals surface area contributed by atoms with Gasteiger partial charge in [-0.15, -0.1) is 11.3 Å². The molecule has 1 N–H and O–H groups in total. The summed E-state index contributed by atoms with van der Waals surface area (Å²) in [6.07, 6.45) is 4.20. The summed E-state index contributed by atoms with van der Waals surface area (Å²) in [4.78, 5) is 15.2. The Hall–Kier alpha value is -1.56. The molecular weight excluding hydrogens is 408 g/mol. The van der Waals surface area contributed by atoms with E-state index in [1.807, 2.05) is 12.1 Å². The number of thiophene rings is 1. The smallest absolute Gasteiger partial charge is 0.179 e. The molecule has 0 bridgehead atoms. The van der Waals surface area contributed by atoms with Gasteiger partial charge in [0.05, 0.1) is 23.6 Å². The minimum absolute atomic E-state index is 0.0997. The van der Waals surface area contributed by atoms with Crippen LogP contribution in [0.25, 0.3) is 0 Å². The third-order valence-corrected chi connectivity index (χ3v) is 7.06. The van der Waals surface area contributed by atoms with E-state index in [0.717, 1.165) is 29.7 Å². The summed E-state index contributed by atoms with van der Waals surface area (Å²) in [5, 5.41) is 9.38. The molecule has 3 rings (SSSR count). The Bertz CT molecular complexity index is 901. The minimum Gasteiger partial charge on any atom is -0.493 e. The fraction of sp³-hybridized carbons (Fsp3) is 0.522. The van der Waals surface area contributed by atoms with Crippen LogP contribution in [0.15, 0.2) is 12.1 Å². The van der Waals surface area contributed by atoms with Gasteiger partial charge >= 0.3 is 0 Å². The topological polar surface area (TPSA) is 55.8 Å². The normalized spacial score (nSPS) is 15.1. The zero-order valence-corrected chi connectivity index (χ0v) is 19.1. The van der Waals surface area contributed by atoms with Crippen molar-refractivity contribution in [2.24, 2.45) is 5.41 Å². The van der Waals surface area contributed by atoms with Crippen molar-refractivity contribution < 1.29 is 19.4 Å². The van der Waals surface area contributed by atoms with E-state index >= 15 is 0 Å². The molecule has 0 spiro atoms. The lowest BCUT2D eigenvalue weighted by molar-refractivity contribution is 0.0985. The summed E-state index contributed by atoms with van der Waals surface area (Å²) in [7, 11) is 1.55. The molecular formula is C23H29ClO4S. The van der Waals surface area contributed by atoms with Crippen LogP contribution in [-0.4, -0.2) is 31.2 Å². The molecule has 1 heterocycles. The van der Waals surface area contributed by atoms with Crippen LogP contribution in [0.3, 0.4) is 0 Å². The number of ether oxygens (including phenoxy) is 2. The Balaban J connectivity index is 1.74. The lowest BCUT2D eigenvalue weighted by atomic mass is 9.74. The molecule has 4 nitrogen and oxygen atoms in total. The maximum Gasteiger partial charge on any atom is 0.179 e. The number of rotatable bonds is 8. The molecule has 0 saturated carbocycles. The van der Waals surface area contributed by atoms with E-state index in [1.54, 1.807) is 18.4 Å². The second kappa shape index (κ2) is 9.07. The maximum atomic E-state index is 13.0. The van der Waals surface area contributed by atoms with Gasteiger partial charge in [-0.1, -0.05) is 25.4 Å². The standard InChI is InChI=1S/C23H29ClO4S/c1-14-17-13-23(2,3)8-7-16(17)22(29-14)19(26)6-5-15-11-18(24)21(28-10-9-25)20(12-15)27-4/h11-12,25H,5-10,13H2,1-4H3. The van der Waals surface area contributed by atoms with Crippen LogP contribution < -0.4 is 9.47 Å². The number of carbonyl (C=O) groups is 1. The van der Waals surface area contributed by atoms with E-state index in [-0.39, 0.29) is 19.0 Å². The largest absolute Gasteiger partial charge is 0.493 e. The summed E-state index contributed by atoms with van der Waals surface area (Å²) in [6, 6.07) is 3.66. The number of benzene rings is 1. The fourth-order valence-electron chi connectivity index (χ4n) is 3.95. The highest BCUT2D eigenvalue weighted by Crippen LogP contribution is 2.42. The average molecular weight is 437 g/mol. The van der Waals surface area contributed by atoms with Crippen molar-refractivity contribution in [1.29, 1.82) is 0 Å². The summed E-state index contributed by atoms with van der Waals surface area (Å²) < 4.78 is 10.8. The molecule has 29 heavy (non-hydrogen) atoms. The van der Waals surface area contributed by atoms with Gasteiger partial charge in [-0.3, -0.25) is 4.79 Å². The Kier molecular flexibility index (Phi) is 6.92. The van der Waals surface area contributed by atoms with Crippen molar-refractivity contribution in [3.63, 3.8) is 0 Å². The number of aryl methyl sites for hydroxylation is 2. The highest BCUT2D eigenvalue weighted by atomic mass is 35.5. The van der Waals surface area contributed by atoms with E-state index < -0.39 is 0 Å². The van der Waals surface area contributed by atoms with E-state index in [2.05, 4.69) is 20.8 Å². The van der Waals surface area contributed by atoms with Gasteiger partial charge in [-0.25, -0.2) is 0 Å². The van der Waals surface area contributed by atoms with Crippen LogP contribution in [0, 0.1) is 12.3 Å². The first-order chi connectivity index (χ1) is 13.8. The van der Waals surface area contributed by atoms with E-state index in [1.165, 1.54) is 16.0 Å². The Morgan fingerprint density at radius 3 is 2.76 bits per heavy atom. The molecule has 0 radical (unpaired) electrons. The van der Waals surface area contributed by atoms with Crippen LogP contribution in [0.1, 0.15) is 57.9 Å². The highest BCUT2D eigenvalue weighted by Gasteiger charge is 2.31. The molecule has 0 unspecified atom stereocenters. The fourth-order valence-corrected chi connectivity index (χ4v) is 5.43. The van der Waals surface area contributed by atoms with Gasteiger partial charge < -0.3 is 14.6 Å². The van der Waals surface area contributed by atoms with Crippen LogP contribution in [-0.2, 0) is 19.3 Å². The van der Waals surface area contributed by atoms with Crippen LogP contribution >= 0.6 is 22.9 Å². The summed E-state index contributed by atoms with van der Waals surface area (Å²) in [6.45, 7) is 6.79. The Morgan fingerprint density at radius 2 is 2.07 bits per heavy atom. The number of fused-ring (bicyclic) bond motifs is 1. The molecule has 1 aromatic carbocycles. The predicted octanol–water partition coefficient (Wildman–Crippen LogP) is 5.42. The highest BCUT2D eigenvalue weighted by molar-refractivity contribution is 7.14. The molecule has 1 aliphatic carbocycles. The Morgan fingerprint density at radius 1 is 1.31 bits per heavy atom. The molecule has 0 saturated heterocycles. The predicted molar refractivity (Wildman–Crippen MR) is 118 cm³/mol. The zero-order chi connectivity index (χ0) is 21.2. The third-order valence-electron chi connectivity index (χ3n) is 5.55. The van der Waals surface area contributed by atoms with Crippen molar-refractivity contribution in [2.75, 3.05) is 20.3 Å². The molecule has 0 atom stereocenters. The SMILES string of the molecule is COc1cc(CCC(=O)c2sc(C)c3c2CCC(C)(C)C3)cc(Cl)c1OCCO. The minimum atomic E-state index is -0.0997. The van der Waals surface area contributed by atoms with Gasteiger partial charge in [0.25, 0.3) is 0 Å². The quantitative estimate of drug-likeness (QED) is 0.561. The second-order valence-corrected chi connectivity index (χ2v) is 10.0. The van der Waals surface area contributed by atoms with Crippen molar-refractivity contribution >= 4 is 28.7 Å². The summed E-state index contributed by atoms with van der Waals surface area (Å²) in [5.74, 6) is 1.14. The van der Waals surface area contributed by atoms with Gasteiger partial charge in [-0.05, 0) is 66.8 Å². The molecule has 0 amide bonds. The lowest BCUT2D eigenvalue weighted by Gasteiger charge is -2.30. The third kappa shape index (κ3) is 4.96. The van der Waals surface area contributed by atoms with Gasteiger partial charge in [0.15, 0.2) is 17.3 Å². The van der Waals surface area contributed by atoms with E-state index in [9.17, 15) is 4.79 Å².